The van der Waals surface area contributed by atoms with Crippen molar-refractivity contribution in [3.05, 3.63) is 42.0 Å². The average Bonchev–Trinajstić information content (AvgIpc) is 2.34. The lowest BCUT2D eigenvalue weighted by atomic mass is 10.1. The molecule has 0 aliphatic heterocycles. The van der Waals surface area contributed by atoms with Crippen molar-refractivity contribution in [3.8, 4) is 0 Å². The van der Waals surface area contributed by atoms with Gasteiger partial charge in [0.25, 0.3) is 0 Å². The van der Waals surface area contributed by atoms with Gasteiger partial charge in [-0.15, -0.1) is 0 Å². The van der Waals surface area contributed by atoms with Crippen LogP contribution >= 0.6 is 0 Å². The second-order valence-corrected chi connectivity index (χ2v) is 4.56. The van der Waals surface area contributed by atoms with Gasteiger partial charge in [0.05, 0.1) is 0 Å². The molecule has 0 aromatic heterocycles. The number of carbonyl (C=O) groups is 1. The van der Waals surface area contributed by atoms with Gasteiger partial charge >= 0.3 is 0 Å². The molecule has 3 nitrogen and oxygen atoms in total. The number of nitrogen functional groups attached to an aromatic ring is 1. The molecule has 0 unspecified atom stereocenters. The van der Waals surface area contributed by atoms with E-state index in [1.54, 1.807) is 0 Å². The molecule has 0 atom stereocenters. The van der Waals surface area contributed by atoms with E-state index in [0.29, 0.717) is 19.4 Å². The van der Waals surface area contributed by atoms with Gasteiger partial charge in [0.15, 0.2) is 0 Å². The van der Waals surface area contributed by atoms with Gasteiger partial charge in [0, 0.05) is 25.2 Å². The second kappa shape index (κ2) is 6.84. The van der Waals surface area contributed by atoms with Crippen molar-refractivity contribution in [2.24, 2.45) is 0 Å². The summed E-state index contributed by atoms with van der Waals surface area (Å²) in [6.07, 6.45) is 1.19. The Bertz CT molecular complexity index is 426. The highest BCUT2D eigenvalue weighted by molar-refractivity contribution is 5.77. The first-order chi connectivity index (χ1) is 8.54. The SMILES string of the molecule is C=C(C)CN(CC)C(=O)CCc1ccccc1N. The van der Waals surface area contributed by atoms with Crippen molar-refractivity contribution in [2.45, 2.75) is 26.7 Å². The molecule has 0 aliphatic carbocycles. The molecule has 0 heterocycles. The minimum absolute atomic E-state index is 0.156. The Hall–Kier alpha value is -1.77. The maximum absolute atomic E-state index is 12.0. The van der Waals surface area contributed by atoms with Crippen LogP contribution in [0.2, 0.25) is 0 Å². The van der Waals surface area contributed by atoms with Crippen molar-refractivity contribution in [2.75, 3.05) is 18.8 Å². The van der Waals surface area contributed by atoms with Crippen LogP contribution < -0.4 is 5.73 Å². The van der Waals surface area contributed by atoms with Gasteiger partial charge in [-0.2, -0.15) is 0 Å². The van der Waals surface area contributed by atoms with Gasteiger partial charge in [-0.05, 0) is 31.9 Å². The van der Waals surface area contributed by atoms with Crippen LogP contribution in [0.4, 0.5) is 5.69 Å². The standard InChI is InChI=1S/C15H22N2O/c1-4-17(11-12(2)3)15(18)10-9-13-7-5-6-8-14(13)16/h5-8H,2,4,9-11,16H2,1,3H3. The summed E-state index contributed by atoms with van der Waals surface area (Å²) in [5.41, 5.74) is 8.66. The summed E-state index contributed by atoms with van der Waals surface area (Å²) in [7, 11) is 0. The summed E-state index contributed by atoms with van der Waals surface area (Å²) in [6, 6.07) is 7.69. The Morgan fingerprint density at radius 1 is 1.39 bits per heavy atom. The van der Waals surface area contributed by atoms with Crippen LogP contribution in [0, 0.1) is 0 Å². The Kier molecular flexibility index (Phi) is 5.43. The van der Waals surface area contributed by atoms with E-state index in [0.717, 1.165) is 23.4 Å². The third-order valence-electron chi connectivity index (χ3n) is 2.86. The number of nitrogens with zero attached hydrogens (tertiary/aromatic N) is 1. The lowest BCUT2D eigenvalue weighted by molar-refractivity contribution is -0.130. The molecule has 1 aromatic rings. The number of carbonyl (C=O) groups excluding carboxylic acids is 1. The molecule has 2 N–H and O–H groups in total. The van der Waals surface area contributed by atoms with E-state index in [1.807, 2.05) is 43.0 Å². The van der Waals surface area contributed by atoms with E-state index in [9.17, 15) is 4.79 Å². The van der Waals surface area contributed by atoms with E-state index in [2.05, 4.69) is 6.58 Å². The van der Waals surface area contributed by atoms with Gasteiger partial charge in [-0.3, -0.25) is 4.79 Å². The summed E-state index contributed by atoms with van der Waals surface area (Å²) in [5.74, 6) is 0.156. The Morgan fingerprint density at radius 3 is 2.61 bits per heavy atom. The van der Waals surface area contributed by atoms with Crippen LogP contribution in [0.3, 0.4) is 0 Å². The number of hydrogen-bond acceptors (Lipinski definition) is 2. The van der Waals surface area contributed by atoms with E-state index < -0.39 is 0 Å². The minimum Gasteiger partial charge on any atom is -0.399 e. The topological polar surface area (TPSA) is 46.3 Å². The molecule has 0 saturated carbocycles. The Labute approximate surface area is 109 Å². The second-order valence-electron chi connectivity index (χ2n) is 4.56. The number of rotatable bonds is 6. The Balaban J connectivity index is 2.54. The summed E-state index contributed by atoms with van der Waals surface area (Å²) < 4.78 is 0. The first kappa shape index (κ1) is 14.3. The van der Waals surface area contributed by atoms with Crippen LogP contribution in [0.5, 0.6) is 0 Å². The number of nitrogens with two attached hydrogens (primary N) is 1. The number of amides is 1. The third kappa shape index (κ3) is 4.24. The smallest absolute Gasteiger partial charge is 0.223 e. The molecule has 18 heavy (non-hydrogen) atoms. The summed E-state index contributed by atoms with van der Waals surface area (Å²) in [6.45, 7) is 9.12. The van der Waals surface area contributed by atoms with Crippen molar-refractivity contribution in [1.82, 2.24) is 4.90 Å². The van der Waals surface area contributed by atoms with Gasteiger partial charge in [-0.25, -0.2) is 0 Å². The lowest BCUT2D eigenvalue weighted by Crippen LogP contribution is -2.32. The molecular weight excluding hydrogens is 224 g/mol. The monoisotopic (exact) mass is 246 g/mol. The van der Waals surface area contributed by atoms with Crippen LogP contribution in [-0.2, 0) is 11.2 Å². The maximum atomic E-state index is 12.0. The van der Waals surface area contributed by atoms with E-state index in [1.165, 1.54) is 0 Å². The molecule has 0 fully saturated rings. The molecule has 1 amide bonds. The first-order valence-electron chi connectivity index (χ1n) is 6.30. The molecule has 1 aromatic carbocycles. The van der Waals surface area contributed by atoms with Gasteiger partial charge in [0.2, 0.25) is 5.91 Å². The number of hydrogen-bond donors (Lipinski definition) is 1. The van der Waals surface area contributed by atoms with Gasteiger partial charge < -0.3 is 10.6 Å². The normalized spacial score (nSPS) is 10.1. The number of likely N-dealkylation sites (N-methyl/N-ethyl adjacent to an activating group) is 1. The van der Waals surface area contributed by atoms with Crippen molar-refractivity contribution in [1.29, 1.82) is 0 Å². The van der Waals surface area contributed by atoms with Gasteiger partial charge in [-0.1, -0.05) is 30.4 Å². The minimum atomic E-state index is 0.156. The fourth-order valence-electron chi connectivity index (χ4n) is 1.86. The zero-order valence-electron chi connectivity index (χ0n) is 11.3. The third-order valence-corrected chi connectivity index (χ3v) is 2.86. The molecule has 1 rings (SSSR count). The predicted octanol–water partition coefficient (Wildman–Crippen LogP) is 2.63. The van der Waals surface area contributed by atoms with Crippen LogP contribution in [0.25, 0.3) is 0 Å². The Morgan fingerprint density at radius 2 is 2.06 bits per heavy atom. The summed E-state index contributed by atoms with van der Waals surface area (Å²) in [4.78, 5) is 13.9. The lowest BCUT2D eigenvalue weighted by Gasteiger charge is -2.21. The molecule has 0 aliphatic rings. The molecule has 98 valence electrons. The highest BCUT2D eigenvalue weighted by atomic mass is 16.2. The van der Waals surface area contributed by atoms with Crippen molar-refractivity contribution < 1.29 is 4.79 Å². The zero-order valence-corrected chi connectivity index (χ0v) is 11.3. The number of para-hydroxylation sites is 1. The number of anilines is 1. The van der Waals surface area contributed by atoms with Crippen molar-refractivity contribution >= 4 is 11.6 Å². The molecule has 0 radical (unpaired) electrons. The summed E-state index contributed by atoms with van der Waals surface area (Å²) in [5, 5.41) is 0. The molecule has 3 heteroatoms. The van der Waals surface area contributed by atoms with E-state index >= 15 is 0 Å². The van der Waals surface area contributed by atoms with E-state index in [4.69, 9.17) is 5.73 Å². The largest absolute Gasteiger partial charge is 0.399 e. The fourth-order valence-corrected chi connectivity index (χ4v) is 1.86. The predicted molar refractivity (Wildman–Crippen MR) is 76.2 cm³/mol. The fraction of sp³-hybridized carbons (Fsp3) is 0.400. The van der Waals surface area contributed by atoms with Crippen LogP contribution in [-0.4, -0.2) is 23.9 Å². The van der Waals surface area contributed by atoms with E-state index in [-0.39, 0.29) is 5.91 Å². The molecule has 0 spiro atoms. The maximum Gasteiger partial charge on any atom is 0.223 e. The number of aryl methyl sites for hydroxylation is 1. The van der Waals surface area contributed by atoms with Crippen LogP contribution in [0.15, 0.2) is 36.4 Å². The molecule has 0 bridgehead atoms. The highest BCUT2D eigenvalue weighted by Gasteiger charge is 2.11. The van der Waals surface area contributed by atoms with Gasteiger partial charge in [0.1, 0.15) is 0 Å². The summed E-state index contributed by atoms with van der Waals surface area (Å²) >= 11 is 0. The average molecular weight is 246 g/mol. The molecular formula is C15H22N2O. The quantitative estimate of drug-likeness (QED) is 0.619. The van der Waals surface area contributed by atoms with Crippen molar-refractivity contribution in [3.63, 3.8) is 0 Å². The number of benzene rings is 1. The molecule has 0 saturated heterocycles. The first-order valence-corrected chi connectivity index (χ1v) is 6.30. The van der Waals surface area contributed by atoms with Crippen LogP contribution in [0.1, 0.15) is 25.8 Å². The highest BCUT2D eigenvalue weighted by Crippen LogP contribution is 2.13. The zero-order chi connectivity index (χ0) is 13.5.